The molecule has 0 aromatic heterocycles. The second kappa shape index (κ2) is 32.8. The summed E-state index contributed by atoms with van der Waals surface area (Å²) in [6.07, 6.45) is 0. The zero-order valence-corrected chi connectivity index (χ0v) is 66.1. The third kappa shape index (κ3) is 15.3. The molecule has 0 saturated heterocycles. The van der Waals surface area contributed by atoms with Crippen LogP contribution in [0.4, 0.5) is 51.2 Å². The molecule has 18 rings (SSSR count). The number of benzene rings is 18. The van der Waals surface area contributed by atoms with Crippen LogP contribution in [0.2, 0.25) is 0 Å². The van der Waals surface area contributed by atoms with Crippen LogP contribution in [-0.2, 0) is 5.41 Å². The van der Waals surface area contributed by atoms with Gasteiger partial charge >= 0.3 is 17.9 Å². The number of rotatable bonds is 21. The summed E-state index contributed by atoms with van der Waals surface area (Å²) >= 11 is 0. The maximum Gasteiger partial charge on any atom is 0.343 e. The van der Waals surface area contributed by atoms with Crippen molar-refractivity contribution in [3.63, 3.8) is 0 Å². The highest BCUT2D eigenvalue weighted by atomic mass is 16.5. The summed E-state index contributed by atoms with van der Waals surface area (Å²) in [5, 5.41) is 6.60. The highest BCUT2D eigenvalue weighted by Gasteiger charge is 2.36. The normalized spacial score (nSPS) is 11.3. The van der Waals surface area contributed by atoms with Crippen LogP contribution in [0, 0.1) is 20.8 Å². The molecule has 0 fully saturated rings. The fourth-order valence-corrected chi connectivity index (χ4v) is 16.1. The number of anilines is 9. The first-order valence-electron chi connectivity index (χ1n) is 39.9. The van der Waals surface area contributed by atoms with Crippen molar-refractivity contribution < 1.29 is 28.6 Å². The summed E-state index contributed by atoms with van der Waals surface area (Å²) in [4.78, 5) is 51.7. The largest absolute Gasteiger partial charge is 0.422 e. The molecule has 0 saturated carbocycles. The molecule has 0 N–H and O–H groups in total. The molecule has 18 aromatic carbocycles. The Bertz CT molecular complexity index is 6110. The summed E-state index contributed by atoms with van der Waals surface area (Å²) in [6.45, 7) is 8.33. The molecule has 9 nitrogen and oxygen atoms in total. The number of ether oxygens (including phenoxy) is 3. The van der Waals surface area contributed by atoms with Gasteiger partial charge in [0.15, 0.2) is 0 Å². The fraction of sp³-hybridized carbons (Fsp3) is 0.0455. The van der Waals surface area contributed by atoms with Crippen LogP contribution in [0.3, 0.4) is 0 Å². The van der Waals surface area contributed by atoms with E-state index in [1.807, 2.05) is 203 Å². The highest BCUT2D eigenvalue weighted by Crippen LogP contribution is 2.49. The van der Waals surface area contributed by atoms with E-state index in [9.17, 15) is 0 Å². The zero-order chi connectivity index (χ0) is 80.9. The van der Waals surface area contributed by atoms with Gasteiger partial charge in [-0.05, 0) is 241 Å². The quantitative estimate of drug-likeness (QED) is 0.0396. The van der Waals surface area contributed by atoms with E-state index in [2.05, 4.69) is 258 Å². The van der Waals surface area contributed by atoms with Gasteiger partial charge in [0, 0.05) is 72.4 Å². The Labute approximate surface area is 692 Å². The van der Waals surface area contributed by atoms with Gasteiger partial charge in [-0.1, -0.05) is 271 Å². The van der Waals surface area contributed by atoms with Crippen molar-refractivity contribution in [1.29, 1.82) is 0 Å². The molecule has 0 bridgehead atoms. The molecule has 0 aliphatic heterocycles. The number of hydrogen-bond donors (Lipinski definition) is 0. The first kappa shape index (κ1) is 74.9. The average Bonchev–Trinajstić information content (AvgIpc) is 0.739. The first-order chi connectivity index (χ1) is 58.3. The SMILES string of the molecule is Cc1ccc(-c2cc(C(C)(c3ccc(OC(=O)c4ccc(N(c5ccccc5)c5cccc6ccccc56)cc4)c(-c4ccc(C)cc4)c3)c3ccc(OC(=O)c4ccc(N(c5ccccc5)c5cccc6ccccc56)cc4)c(-c4ccc(C)cc4)c3)ccc2OC(=O)c2ccc(N(c3ccccc3)c3cccc4ccccc34)cc2)cc1. The van der Waals surface area contributed by atoms with Gasteiger partial charge in [0.25, 0.3) is 0 Å². The number of aryl methyl sites for hydroxylation is 3. The lowest BCUT2D eigenvalue weighted by Crippen LogP contribution is -2.26. The second-order valence-electron chi connectivity index (χ2n) is 30.2. The molecule has 0 radical (unpaired) electrons. The standard InChI is InChI=1S/C110H81N3O6/c1-74-41-47-80(48-42-74)98-71-86(59-68-104(98)117-107(114)83-53-62-92(63-54-83)111(89-29-8-5-9-30-89)101-38-20-26-77-23-14-17-35-95(77)101)110(4,87-60-69-105(99(72-87)81-49-43-75(2)44-50-81)118-108(115)84-55-64-93(65-56-84)112(90-31-10-6-11-32-90)102-39-21-27-78-24-15-18-36-96(78)102)88-61-70-106(100(73-88)82-51-45-76(3)46-52-82)119-109(116)85-57-66-94(67-58-85)113(91-33-12-7-13-34-91)103-40-22-28-79-25-16-19-37-97(79)103/h5-73H,1-4H3. The van der Waals surface area contributed by atoms with Crippen LogP contribution in [0.15, 0.2) is 419 Å². The maximum absolute atomic E-state index is 15.0. The van der Waals surface area contributed by atoms with E-state index >= 15 is 14.4 Å². The fourth-order valence-electron chi connectivity index (χ4n) is 16.1. The van der Waals surface area contributed by atoms with Gasteiger partial charge in [-0.3, -0.25) is 0 Å². The van der Waals surface area contributed by atoms with Crippen LogP contribution in [0.25, 0.3) is 65.7 Å². The number of fused-ring (bicyclic) bond motifs is 3. The molecule has 9 heteroatoms. The van der Waals surface area contributed by atoms with E-state index in [-0.39, 0.29) is 0 Å². The van der Waals surface area contributed by atoms with Gasteiger partial charge in [-0.2, -0.15) is 0 Å². The van der Waals surface area contributed by atoms with Crippen molar-refractivity contribution in [1.82, 2.24) is 0 Å². The van der Waals surface area contributed by atoms with Crippen LogP contribution in [0.5, 0.6) is 17.2 Å². The monoisotopic (exact) mass is 1540 g/mol. The number of esters is 3. The third-order valence-corrected chi connectivity index (χ3v) is 22.5. The Hall–Kier alpha value is -15.5. The molecule has 119 heavy (non-hydrogen) atoms. The predicted octanol–water partition coefficient (Wildman–Crippen LogP) is 28.5. The third-order valence-electron chi connectivity index (χ3n) is 22.5. The number of carbonyl (C=O) groups excluding carboxylic acids is 3. The summed E-state index contributed by atoms with van der Waals surface area (Å²) in [5.41, 5.74) is 18.6. The molecule has 0 spiro atoms. The van der Waals surface area contributed by atoms with Crippen LogP contribution in [0.1, 0.15) is 71.4 Å². The number of hydrogen-bond acceptors (Lipinski definition) is 9. The van der Waals surface area contributed by atoms with E-state index in [0.717, 1.165) is 134 Å². The Morgan fingerprint density at radius 3 is 0.739 bits per heavy atom. The van der Waals surface area contributed by atoms with E-state index in [1.165, 1.54) is 0 Å². The van der Waals surface area contributed by atoms with Gasteiger partial charge < -0.3 is 28.9 Å². The summed E-state index contributed by atoms with van der Waals surface area (Å²) in [7, 11) is 0. The number of carbonyl (C=O) groups is 3. The second-order valence-corrected chi connectivity index (χ2v) is 30.2. The minimum Gasteiger partial charge on any atom is -0.422 e. The lowest BCUT2D eigenvalue weighted by molar-refractivity contribution is 0.0726. The number of para-hydroxylation sites is 3. The van der Waals surface area contributed by atoms with Crippen molar-refractivity contribution >= 4 is 101 Å². The average molecular weight is 1540 g/mol. The Kier molecular flexibility index (Phi) is 20.7. The van der Waals surface area contributed by atoms with Gasteiger partial charge in [0.2, 0.25) is 0 Å². The van der Waals surface area contributed by atoms with E-state index in [0.29, 0.717) is 50.6 Å². The van der Waals surface area contributed by atoms with Crippen molar-refractivity contribution in [2.24, 2.45) is 0 Å². The zero-order valence-electron chi connectivity index (χ0n) is 66.1. The summed E-state index contributed by atoms with van der Waals surface area (Å²) in [6, 6.07) is 140. The highest BCUT2D eigenvalue weighted by molar-refractivity contribution is 6.03. The Morgan fingerprint density at radius 1 is 0.235 bits per heavy atom. The first-order valence-corrected chi connectivity index (χ1v) is 39.9. The van der Waals surface area contributed by atoms with E-state index in [4.69, 9.17) is 14.2 Å². The minimum atomic E-state index is -1.11. The summed E-state index contributed by atoms with van der Waals surface area (Å²) < 4.78 is 20.0. The van der Waals surface area contributed by atoms with E-state index < -0.39 is 23.3 Å². The predicted molar refractivity (Wildman–Crippen MR) is 486 cm³/mol. The van der Waals surface area contributed by atoms with E-state index in [1.54, 1.807) is 0 Å². The molecule has 0 aliphatic rings. The lowest BCUT2D eigenvalue weighted by atomic mass is 9.69. The number of nitrogens with zero attached hydrogens (tertiary/aromatic N) is 3. The molecule has 572 valence electrons. The van der Waals surface area contributed by atoms with Crippen molar-refractivity contribution in [3.8, 4) is 50.6 Å². The molecule has 0 amide bonds. The smallest absolute Gasteiger partial charge is 0.343 e. The van der Waals surface area contributed by atoms with Crippen molar-refractivity contribution in [2.45, 2.75) is 33.1 Å². The van der Waals surface area contributed by atoms with Crippen molar-refractivity contribution in [2.75, 3.05) is 14.7 Å². The maximum atomic E-state index is 15.0. The van der Waals surface area contributed by atoms with Crippen LogP contribution in [-0.4, -0.2) is 17.9 Å². The minimum absolute atomic E-state index is 0.352. The Balaban J connectivity index is 0.744. The van der Waals surface area contributed by atoms with Crippen molar-refractivity contribution in [3.05, 3.63) is 469 Å². The Morgan fingerprint density at radius 2 is 0.471 bits per heavy atom. The molecular formula is C110H81N3O6. The van der Waals surface area contributed by atoms with Gasteiger partial charge in [0.05, 0.1) is 33.8 Å². The lowest BCUT2D eigenvalue weighted by Gasteiger charge is -2.34. The molecule has 0 heterocycles. The molecule has 18 aromatic rings. The molecular weight excluding hydrogens is 1460 g/mol. The van der Waals surface area contributed by atoms with Gasteiger partial charge in [-0.15, -0.1) is 0 Å². The van der Waals surface area contributed by atoms with Gasteiger partial charge in [0.1, 0.15) is 17.2 Å². The van der Waals surface area contributed by atoms with Crippen LogP contribution < -0.4 is 28.9 Å². The topological polar surface area (TPSA) is 88.6 Å². The van der Waals surface area contributed by atoms with Gasteiger partial charge in [-0.25, -0.2) is 14.4 Å². The van der Waals surface area contributed by atoms with Crippen LogP contribution >= 0.6 is 0 Å². The molecule has 0 atom stereocenters. The molecule has 0 unspecified atom stereocenters. The summed E-state index contributed by atoms with van der Waals surface area (Å²) in [5.74, 6) is -0.544. The molecule has 0 aliphatic carbocycles.